The molecule has 0 saturated carbocycles. The highest BCUT2D eigenvalue weighted by Crippen LogP contribution is 2.24. The Hall–Kier alpha value is -2.38. The minimum Gasteiger partial charge on any atom is -0.317 e. The Morgan fingerprint density at radius 2 is 1.63 bits per heavy atom. The smallest absolute Gasteiger partial charge is 0.317 e. The van der Waals surface area contributed by atoms with E-state index in [1.807, 2.05) is 28.8 Å². The van der Waals surface area contributed by atoms with Crippen LogP contribution in [0.5, 0.6) is 0 Å². The molecule has 0 N–H and O–H groups in total. The molecule has 8 heteroatoms. The SMILES string of the molecule is C[C@@H]1C[C@H](C)CN(Cc2nc3c(c(=O)n(C)c(=O)n3C)n2Cc2ccc(Cl)cc2)C1. The molecule has 2 atom stereocenters. The Morgan fingerprint density at radius 1 is 1.00 bits per heavy atom. The third-order valence-electron chi connectivity index (χ3n) is 5.99. The highest BCUT2D eigenvalue weighted by Gasteiger charge is 2.25. The van der Waals surface area contributed by atoms with Crippen LogP contribution in [0.3, 0.4) is 0 Å². The lowest BCUT2D eigenvalue weighted by atomic mass is 9.92. The van der Waals surface area contributed by atoms with Crippen molar-refractivity contribution in [3.8, 4) is 0 Å². The van der Waals surface area contributed by atoms with Gasteiger partial charge in [0.1, 0.15) is 5.82 Å². The Bertz CT molecular complexity index is 1180. The summed E-state index contributed by atoms with van der Waals surface area (Å²) in [5.74, 6) is 2.06. The molecular weight excluding hydrogens is 402 g/mol. The molecule has 0 radical (unpaired) electrons. The van der Waals surface area contributed by atoms with Gasteiger partial charge in [-0.15, -0.1) is 0 Å². The first-order chi connectivity index (χ1) is 14.2. The number of imidazole rings is 1. The average molecular weight is 430 g/mol. The van der Waals surface area contributed by atoms with Crippen LogP contribution in [0.25, 0.3) is 11.2 Å². The lowest BCUT2D eigenvalue weighted by molar-refractivity contribution is 0.130. The van der Waals surface area contributed by atoms with Gasteiger partial charge in [0.25, 0.3) is 5.56 Å². The third-order valence-corrected chi connectivity index (χ3v) is 6.24. The lowest BCUT2D eigenvalue weighted by Crippen LogP contribution is -2.39. The summed E-state index contributed by atoms with van der Waals surface area (Å²) in [4.78, 5) is 32.7. The monoisotopic (exact) mass is 429 g/mol. The molecule has 1 aliphatic heterocycles. The van der Waals surface area contributed by atoms with Gasteiger partial charge in [0, 0.05) is 38.8 Å². The van der Waals surface area contributed by atoms with Gasteiger partial charge in [-0.3, -0.25) is 18.8 Å². The summed E-state index contributed by atoms with van der Waals surface area (Å²) in [5.41, 5.74) is 1.24. The number of fused-ring (bicyclic) bond motifs is 1. The summed E-state index contributed by atoms with van der Waals surface area (Å²) >= 11 is 6.04. The fourth-order valence-electron chi connectivity index (χ4n) is 4.68. The number of hydrogen-bond donors (Lipinski definition) is 0. The zero-order valence-electron chi connectivity index (χ0n) is 17.9. The van der Waals surface area contributed by atoms with E-state index in [4.69, 9.17) is 16.6 Å². The molecular formula is C22H28ClN5O2. The van der Waals surface area contributed by atoms with Crippen molar-refractivity contribution in [3.63, 3.8) is 0 Å². The van der Waals surface area contributed by atoms with Crippen molar-refractivity contribution >= 4 is 22.8 Å². The van der Waals surface area contributed by atoms with Gasteiger partial charge in [0.05, 0.1) is 6.54 Å². The maximum atomic E-state index is 13.0. The van der Waals surface area contributed by atoms with E-state index in [9.17, 15) is 9.59 Å². The maximum absolute atomic E-state index is 13.0. The quantitative estimate of drug-likeness (QED) is 0.639. The first-order valence-corrected chi connectivity index (χ1v) is 10.7. The molecule has 1 saturated heterocycles. The Balaban J connectivity index is 1.84. The van der Waals surface area contributed by atoms with Gasteiger partial charge in [-0.2, -0.15) is 0 Å². The molecule has 3 heterocycles. The van der Waals surface area contributed by atoms with Gasteiger partial charge in [-0.25, -0.2) is 9.78 Å². The average Bonchev–Trinajstić information content (AvgIpc) is 3.03. The molecule has 1 fully saturated rings. The third kappa shape index (κ3) is 3.84. The van der Waals surface area contributed by atoms with Crippen LogP contribution in [-0.2, 0) is 27.2 Å². The number of aryl methyl sites for hydroxylation is 1. The first kappa shape index (κ1) is 20.9. The van der Waals surface area contributed by atoms with E-state index in [2.05, 4.69) is 18.7 Å². The molecule has 1 aliphatic rings. The standard InChI is InChI=1S/C22H28ClN5O2/c1-14-9-15(2)11-27(10-14)13-18-24-20-19(21(29)26(4)22(30)25(20)3)28(18)12-16-5-7-17(23)8-6-16/h5-8,14-15H,9-13H2,1-4H3/t14-,15+. The van der Waals surface area contributed by atoms with Crippen LogP contribution in [0, 0.1) is 11.8 Å². The second kappa shape index (κ2) is 8.04. The van der Waals surface area contributed by atoms with E-state index in [-0.39, 0.29) is 11.2 Å². The Kier molecular flexibility index (Phi) is 5.59. The highest BCUT2D eigenvalue weighted by molar-refractivity contribution is 6.30. The van der Waals surface area contributed by atoms with E-state index in [1.54, 1.807) is 7.05 Å². The number of likely N-dealkylation sites (tertiary alicyclic amines) is 1. The second-order valence-corrected chi connectivity index (χ2v) is 9.20. The van der Waals surface area contributed by atoms with Crippen LogP contribution >= 0.6 is 11.6 Å². The van der Waals surface area contributed by atoms with Crippen LogP contribution in [0.4, 0.5) is 0 Å². The van der Waals surface area contributed by atoms with Crippen LogP contribution in [0.1, 0.15) is 31.7 Å². The minimum absolute atomic E-state index is 0.318. The van der Waals surface area contributed by atoms with Crippen molar-refractivity contribution in [1.29, 1.82) is 0 Å². The molecule has 0 aliphatic carbocycles. The van der Waals surface area contributed by atoms with Crippen LogP contribution in [0.2, 0.25) is 5.02 Å². The molecule has 1 aromatic carbocycles. The number of benzene rings is 1. The van der Waals surface area contributed by atoms with E-state index in [0.717, 1.165) is 29.0 Å². The summed E-state index contributed by atoms with van der Waals surface area (Å²) in [6.07, 6.45) is 1.23. The number of aromatic nitrogens is 4. The topological polar surface area (TPSA) is 65.1 Å². The number of nitrogens with zero attached hydrogens (tertiary/aromatic N) is 5. The number of rotatable bonds is 4. The molecule has 0 amide bonds. The molecule has 3 aromatic rings. The molecule has 0 spiro atoms. The molecule has 0 bridgehead atoms. The van der Waals surface area contributed by atoms with E-state index >= 15 is 0 Å². The van der Waals surface area contributed by atoms with Crippen LogP contribution in [0.15, 0.2) is 33.9 Å². The number of hydrogen-bond acceptors (Lipinski definition) is 4. The Morgan fingerprint density at radius 3 is 2.27 bits per heavy atom. The highest BCUT2D eigenvalue weighted by atomic mass is 35.5. The lowest BCUT2D eigenvalue weighted by Gasteiger charge is -2.34. The number of piperidine rings is 1. The van der Waals surface area contributed by atoms with Crippen molar-refractivity contribution in [1.82, 2.24) is 23.6 Å². The molecule has 30 heavy (non-hydrogen) atoms. The van der Waals surface area contributed by atoms with Crippen molar-refractivity contribution in [3.05, 3.63) is 61.5 Å². The minimum atomic E-state index is -0.365. The maximum Gasteiger partial charge on any atom is 0.332 e. The van der Waals surface area contributed by atoms with Crippen molar-refractivity contribution in [2.45, 2.75) is 33.4 Å². The van der Waals surface area contributed by atoms with Gasteiger partial charge in [0.2, 0.25) is 0 Å². The van der Waals surface area contributed by atoms with Crippen LogP contribution < -0.4 is 11.2 Å². The second-order valence-electron chi connectivity index (χ2n) is 8.76. The van der Waals surface area contributed by atoms with Gasteiger partial charge in [0.15, 0.2) is 11.2 Å². The van der Waals surface area contributed by atoms with Crippen molar-refractivity contribution < 1.29 is 0 Å². The fraction of sp³-hybridized carbons (Fsp3) is 0.500. The van der Waals surface area contributed by atoms with Crippen molar-refractivity contribution in [2.24, 2.45) is 25.9 Å². The van der Waals surface area contributed by atoms with Crippen LogP contribution in [-0.4, -0.2) is 36.7 Å². The molecule has 160 valence electrons. The fourth-order valence-corrected chi connectivity index (χ4v) is 4.80. The van der Waals surface area contributed by atoms with Gasteiger partial charge >= 0.3 is 5.69 Å². The van der Waals surface area contributed by atoms with Crippen molar-refractivity contribution in [2.75, 3.05) is 13.1 Å². The summed E-state index contributed by atoms with van der Waals surface area (Å²) in [6.45, 7) is 7.71. The molecule has 7 nitrogen and oxygen atoms in total. The zero-order valence-corrected chi connectivity index (χ0v) is 18.7. The summed E-state index contributed by atoms with van der Waals surface area (Å²) in [6, 6.07) is 7.60. The summed E-state index contributed by atoms with van der Waals surface area (Å²) in [7, 11) is 3.18. The molecule has 2 aromatic heterocycles. The largest absolute Gasteiger partial charge is 0.332 e. The first-order valence-electron chi connectivity index (χ1n) is 10.4. The van der Waals surface area contributed by atoms with E-state index in [1.165, 1.54) is 18.0 Å². The predicted octanol–water partition coefficient (Wildman–Crippen LogP) is 2.61. The zero-order chi connectivity index (χ0) is 21.6. The summed E-state index contributed by atoms with van der Waals surface area (Å²) < 4.78 is 4.57. The van der Waals surface area contributed by atoms with E-state index < -0.39 is 0 Å². The van der Waals surface area contributed by atoms with Gasteiger partial charge in [-0.1, -0.05) is 37.6 Å². The Labute approximate surface area is 180 Å². The normalized spacial score (nSPS) is 20.2. The van der Waals surface area contributed by atoms with Gasteiger partial charge in [-0.05, 0) is 36.0 Å². The summed E-state index contributed by atoms with van der Waals surface area (Å²) in [5, 5.41) is 0.670. The van der Waals surface area contributed by atoms with Gasteiger partial charge < -0.3 is 4.57 Å². The number of halogens is 1. The van der Waals surface area contributed by atoms with E-state index in [0.29, 0.717) is 41.1 Å². The predicted molar refractivity (Wildman–Crippen MR) is 119 cm³/mol. The molecule has 4 rings (SSSR count). The molecule has 0 unspecified atom stereocenters.